The molecule has 0 saturated heterocycles. The van der Waals surface area contributed by atoms with Crippen LogP contribution < -0.4 is 15.7 Å². The van der Waals surface area contributed by atoms with Gasteiger partial charge in [-0.25, -0.2) is 4.79 Å². The van der Waals surface area contributed by atoms with Gasteiger partial charge < -0.3 is 10.1 Å². The maximum absolute atomic E-state index is 13.1. The van der Waals surface area contributed by atoms with E-state index < -0.39 is 5.69 Å². The lowest BCUT2D eigenvalue weighted by atomic mass is 10.1. The van der Waals surface area contributed by atoms with Crippen LogP contribution in [0.5, 0.6) is 5.75 Å². The number of nitrogens with zero attached hydrogens (tertiary/aromatic N) is 3. The first-order chi connectivity index (χ1) is 14.6. The van der Waals surface area contributed by atoms with Crippen molar-refractivity contribution in [1.82, 2.24) is 14.5 Å². The van der Waals surface area contributed by atoms with Crippen molar-refractivity contribution in [3.63, 3.8) is 0 Å². The van der Waals surface area contributed by atoms with Crippen molar-refractivity contribution >= 4 is 34.0 Å². The Kier molecular flexibility index (Phi) is 4.64. The number of ether oxygens (including phenoxy) is 1. The van der Waals surface area contributed by atoms with E-state index in [0.717, 1.165) is 10.9 Å². The summed E-state index contributed by atoms with van der Waals surface area (Å²) in [7, 11) is 1.58. The van der Waals surface area contributed by atoms with Gasteiger partial charge in [-0.05, 0) is 48.6 Å². The van der Waals surface area contributed by atoms with Crippen LogP contribution in [0.2, 0.25) is 5.02 Å². The third-order valence-electron chi connectivity index (χ3n) is 5.27. The van der Waals surface area contributed by atoms with Gasteiger partial charge in [0.05, 0.1) is 41.4 Å². The van der Waals surface area contributed by atoms with E-state index in [-0.39, 0.29) is 0 Å². The predicted octanol–water partition coefficient (Wildman–Crippen LogP) is 5.06. The number of halogens is 1. The third kappa shape index (κ3) is 3.39. The van der Waals surface area contributed by atoms with Crippen molar-refractivity contribution in [2.24, 2.45) is 0 Å². The van der Waals surface area contributed by atoms with Gasteiger partial charge in [0, 0.05) is 11.5 Å². The fraction of sp³-hybridized carbons (Fsp3) is 0.174. The van der Waals surface area contributed by atoms with E-state index in [9.17, 15) is 4.79 Å². The molecular formula is C23H19ClN4O2. The zero-order valence-corrected chi connectivity index (χ0v) is 17.1. The van der Waals surface area contributed by atoms with Gasteiger partial charge in [-0.2, -0.15) is 4.98 Å². The number of hydrogen-bond donors (Lipinski definition) is 1. The minimum atomic E-state index is -0.401. The minimum Gasteiger partial charge on any atom is -0.495 e. The number of para-hydroxylation sites is 1. The molecule has 2 heterocycles. The summed E-state index contributed by atoms with van der Waals surface area (Å²) in [5.41, 5.74) is 2.89. The maximum atomic E-state index is 13.1. The number of fused-ring (bicyclic) bond motifs is 1. The van der Waals surface area contributed by atoms with Crippen LogP contribution in [-0.2, 0) is 0 Å². The molecule has 0 bridgehead atoms. The lowest BCUT2D eigenvalue weighted by molar-refractivity contribution is 0.413. The van der Waals surface area contributed by atoms with Gasteiger partial charge in [-0.3, -0.25) is 9.55 Å². The second-order valence-electron chi connectivity index (χ2n) is 7.32. The van der Waals surface area contributed by atoms with E-state index in [4.69, 9.17) is 16.3 Å². The number of methoxy groups -OCH3 is 1. The van der Waals surface area contributed by atoms with E-state index in [1.54, 1.807) is 36.2 Å². The molecule has 150 valence electrons. The third-order valence-corrected chi connectivity index (χ3v) is 5.59. The van der Waals surface area contributed by atoms with Gasteiger partial charge in [0.15, 0.2) is 0 Å². The number of aromatic nitrogens is 3. The molecule has 1 N–H and O–H groups in total. The molecule has 1 aliphatic rings. The van der Waals surface area contributed by atoms with Crippen LogP contribution in [0.1, 0.15) is 24.3 Å². The van der Waals surface area contributed by atoms with E-state index >= 15 is 0 Å². The zero-order chi connectivity index (χ0) is 20.7. The average Bonchev–Trinajstić information content (AvgIpc) is 3.60. The molecule has 6 nitrogen and oxygen atoms in total. The summed E-state index contributed by atoms with van der Waals surface area (Å²) < 4.78 is 6.82. The van der Waals surface area contributed by atoms with E-state index in [1.807, 2.05) is 24.3 Å². The summed E-state index contributed by atoms with van der Waals surface area (Å²) in [5.74, 6) is 1.64. The van der Waals surface area contributed by atoms with E-state index in [0.29, 0.717) is 33.9 Å². The molecule has 0 unspecified atom stereocenters. The first-order valence-electron chi connectivity index (χ1n) is 9.72. The number of rotatable bonds is 5. The average molecular weight is 419 g/mol. The summed E-state index contributed by atoms with van der Waals surface area (Å²) in [6.45, 7) is 0. The standard InChI is InChI=1S/C23H19ClN4O2/c1-30-17-11-16(12-25-13-17)26-22-18-9-8-15(14-6-7-14)10-21(18)28(23(29)27-22)20-5-3-2-4-19(20)24/h2-5,8-14H,6-7H2,1H3,(H,26,27,29). The smallest absolute Gasteiger partial charge is 0.354 e. The predicted molar refractivity (Wildman–Crippen MR) is 118 cm³/mol. The van der Waals surface area contributed by atoms with Crippen molar-refractivity contribution in [3.8, 4) is 11.4 Å². The summed E-state index contributed by atoms with van der Waals surface area (Å²) in [6, 6.07) is 15.3. The first kappa shape index (κ1) is 18.6. The molecule has 1 saturated carbocycles. The number of pyridine rings is 1. The Morgan fingerprint density at radius 1 is 1.13 bits per heavy atom. The summed E-state index contributed by atoms with van der Waals surface area (Å²) in [5, 5.41) is 4.54. The summed E-state index contributed by atoms with van der Waals surface area (Å²) in [4.78, 5) is 21.6. The fourth-order valence-corrected chi connectivity index (χ4v) is 3.83. The first-order valence-corrected chi connectivity index (χ1v) is 10.1. The zero-order valence-electron chi connectivity index (χ0n) is 16.3. The molecule has 4 aromatic rings. The van der Waals surface area contributed by atoms with Crippen molar-refractivity contribution in [2.45, 2.75) is 18.8 Å². The second-order valence-corrected chi connectivity index (χ2v) is 7.73. The quantitative estimate of drug-likeness (QED) is 0.490. The fourth-order valence-electron chi connectivity index (χ4n) is 3.61. The van der Waals surface area contributed by atoms with E-state index in [2.05, 4.69) is 27.4 Å². The van der Waals surface area contributed by atoms with Crippen molar-refractivity contribution in [1.29, 1.82) is 0 Å². The molecule has 1 aliphatic carbocycles. The van der Waals surface area contributed by atoms with E-state index in [1.165, 1.54) is 18.4 Å². The lowest BCUT2D eigenvalue weighted by Gasteiger charge is -2.16. The largest absolute Gasteiger partial charge is 0.495 e. The molecule has 5 rings (SSSR count). The molecule has 30 heavy (non-hydrogen) atoms. The van der Waals surface area contributed by atoms with Crippen LogP contribution in [0, 0.1) is 0 Å². The SMILES string of the molecule is COc1cncc(Nc2nc(=O)n(-c3ccccc3Cl)c3cc(C4CC4)ccc23)c1. The molecule has 2 aromatic carbocycles. The molecule has 0 spiro atoms. The Bertz CT molecular complexity index is 1310. The van der Waals surface area contributed by atoms with Crippen molar-refractivity contribution < 1.29 is 4.74 Å². The summed E-state index contributed by atoms with van der Waals surface area (Å²) in [6.07, 6.45) is 5.63. The van der Waals surface area contributed by atoms with Gasteiger partial charge in [0.1, 0.15) is 11.6 Å². The molecule has 0 atom stereocenters. The van der Waals surface area contributed by atoms with Crippen molar-refractivity contribution in [2.75, 3.05) is 12.4 Å². The molecule has 1 fully saturated rings. The van der Waals surface area contributed by atoms with Crippen LogP contribution in [0.25, 0.3) is 16.6 Å². The van der Waals surface area contributed by atoms with Gasteiger partial charge in [-0.15, -0.1) is 0 Å². The van der Waals surface area contributed by atoms with Crippen LogP contribution in [0.15, 0.2) is 65.7 Å². The topological polar surface area (TPSA) is 69.0 Å². The number of benzene rings is 2. The van der Waals surface area contributed by atoms with Gasteiger partial charge in [0.25, 0.3) is 0 Å². The van der Waals surface area contributed by atoms with Gasteiger partial charge >= 0.3 is 5.69 Å². The Balaban J connectivity index is 1.72. The van der Waals surface area contributed by atoms with Crippen LogP contribution >= 0.6 is 11.6 Å². The highest BCUT2D eigenvalue weighted by Gasteiger charge is 2.25. The Hall–Kier alpha value is -3.38. The Labute approximate surface area is 178 Å². The molecule has 0 aliphatic heterocycles. The number of nitrogens with one attached hydrogen (secondary N) is 1. The Morgan fingerprint density at radius 2 is 1.97 bits per heavy atom. The second kappa shape index (κ2) is 7.46. The van der Waals surface area contributed by atoms with Crippen LogP contribution in [-0.4, -0.2) is 21.6 Å². The minimum absolute atomic E-state index is 0.401. The lowest BCUT2D eigenvalue weighted by Crippen LogP contribution is -2.23. The van der Waals surface area contributed by atoms with Crippen LogP contribution in [0.4, 0.5) is 11.5 Å². The van der Waals surface area contributed by atoms with Crippen molar-refractivity contribution in [3.05, 3.63) is 82.0 Å². The maximum Gasteiger partial charge on any atom is 0.354 e. The highest BCUT2D eigenvalue weighted by molar-refractivity contribution is 6.32. The number of hydrogen-bond acceptors (Lipinski definition) is 5. The molecule has 2 aromatic heterocycles. The number of anilines is 2. The normalized spacial score (nSPS) is 13.4. The highest BCUT2D eigenvalue weighted by Crippen LogP contribution is 2.41. The molecule has 0 amide bonds. The molecule has 0 radical (unpaired) electrons. The summed E-state index contributed by atoms with van der Waals surface area (Å²) >= 11 is 6.42. The molecule has 7 heteroatoms. The molecular weight excluding hydrogens is 400 g/mol. The Morgan fingerprint density at radius 3 is 2.73 bits per heavy atom. The van der Waals surface area contributed by atoms with Crippen LogP contribution in [0.3, 0.4) is 0 Å². The monoisotopic (exact) mass is 418 g/mol. The van der Waals surface area contributed by atoms with Gasteiger partial charge in [-0.1, -0.05) is 29.8 Å². The highest BCUT2D eigenvalue weighted by atomic mass is 35.5. The van der Waals surface area contributed by atoms with Gasteiger partial charge in [0.2, 0.25) is 0 Å².